The number of aromatic nitrogens is 4. The first kappa shape index (κ1) is 12.6. The third kappa shape index (κ3) is 2.62. The van der Waals surface area contributed by atoms with E-state index in [2.05, 4.69) is 31.5 Å². The van der Waals surface area contributed by atoms with Crippen molar-refractivity contribution in [1.29, 1.82) is 0 Å². The van der Waals surface area contributed by atoms with E-state index >= 15 is 0 Å². The van der Waals surface area contributed by atoms with Crippen molar-refractivity contribution in [2.75, 3.05) is 12.3 Å². The first-order chi connectivity index (χ1) is 9.24. The summed E-state index contributed by atoms with van der Waals surface area (Å²) in [5.41, 5.74) is 7.40. The molecule has 0 radical (unpaired) electrons. The maximum absolute atomic E-state index is 5.82. The smallest absolute Gasteiger partial charge is 0.183 e. The summed E-state index contributed by atoms with van der Waals surface area (Å²) in [7, 11) is 0. The Kier molecular flexibility index (Phi) is 3.48. The molecule has 3 rings (SSSR count). The predicted molar refractivity (Wildman–Crippen MR) is 74.3 cm³/mol. The van der Waals surface area contributed by atoms with Gasteiger partial charge in [-0.05, 0) is 41.5 Å². The lowest BCUT2D eigenvalue weighted by Gasteiger charge is -2.11. The lowest BCUT2D eigenvalue weighted by molar-refractivity contribution is 0.0939. The largest absolute Gasteiger partial charge is 0.399 e. The quantitative estimate of drug-likeness (QED) is 0.872. The second-order valence-corrected chi connectivity index (χ2v) is 5.41. The zero-order valence-electron chi connectivity index (χ0n) is 10.3. The Morgan fingerprint density at radius 3 is 3.16 bits per heavy atom. The van der Waals surface area contributed by atoms with Crippen molar-refractivity contribution in [3.05, 3.63) is 22.7 Å². The van der Waals surface area contributed by atoms with Crippen LogP contribution in [0.5, 0.6) is 0 Å². The summed E-state index contributed by atoms with van der Waals surface area (Å²) in [6.07, 6.45) is 2.35. The van der Waals surface area contributed by atoms with Crippen molar-refractivity contribution in [3.63, 3.8) is 0 Å². The zero-order valence-corrected chi connectivity index (χ0v) is 11.9. The Labute approximate surface area is 119 Å². The van der Waals surface area contributed by atoms with Gasteiger partial charge in [0.2, 0.25) is 0 Å². The standard InChI is InChI=1S/C12H14BrN5O/c13-11-4-3-8(14)6-10(11)12-15-16-17-18(12)7-9-2-1-5-19-9/h3-4,6,9H,1-2,5,7,14H2. The summed E-state index contributed by atoms with van der Waals surface area (Å²) >= 11 is 3.50. The maximum Gasteiger partial charge on any atom is 0.183 e. The van der Waals surface area contributed by atoms with Crippen LogP contribution in [-0.4, -0.2) is 32.9 Å². The van der Waals surface area contributed by atoms with Crippen LogP contribution in [0.1, 0.15) is 12.8 Å². The summed E-state index contributed by atoms with van der Waals surface area (Å²) in [6.45, 7) is 1.49. The molecule has 2 aromatic rings. The molecule has 0 bridgehead atoms. The van der Waals surface area contributed by atoms with E-state index in [0.717, 1.165) is 29.5 Å². The second-order valence-electron chi connectivity index (χ2n) is 4.56. The number of nitrogens with zero attached hydrogens (tertiary/aromatic N) is 4. The molecule has 1 atom stereocenters. The minimum atomic E-state index is 0.196. The molecule has 1 saturated heterocycles. The van der Waals surface area contributed by atoms with Gasteiger partial charge in [-0.25, -0.2) is 4.68 Å². The summed E-state index contributed by atoms with van der Waals surface area (Å²) in [5, 5.41) is 11.9. The third-order valence-corrected chi connectivity index (χ3v) is 3.86. The molecule has 0 spiro atoms. The second kappa shape index (κ2) is 5.26. The summed E-state index contributed by atoms with van der Waals surface area (Å²) < 4.78 is 8.31. The Hall–Kier alpha value is -1.47. The molecule has 1 aliphatic heterocycles. The van der Waals surface area contributed by atoms with Crippen LogP contribution in [0.2, 0.25) is 0 Å². The lowest BCUT2D eigenvalue weighted by atomic mass is 10.2. The van der Waals surface area contributed by atoms with Gasteiger partial charge in [0, 0.05) is 22.3 Å². The van der Waals surface area contributed by atoms with Gasteiger partial charge in [0.1, 0.15) is 0 Å². The van der Waals surface area contributed by atoms with Crippen molar-refractivity contribution in [2.45, 2.75) is 25.5 Å². The van der Waals surface area contributed by atoms with E-state index < -0.39 is 0 Å². The highest BCUT2D eigenvalue weighted by Crippen LogP contribution is 2.28. The van der Waals surface area contributed by atoms with Crippen LogP contribution >= 0.6 is 15.9 Å². The van der Waals surface area contributed by atoms with Crippen LogP contribution in [0.25, 0.3) is 11.4 Å². The van der Waals surface area contributed by atoms with E-state index in [0.29, 0.717) is 18.1 Å². The van der Waals surface area contributed by atoms with E-state index in [1.165, 1.54) is 0 Å². The molecule has 7 heteroatoms. The van der Waals surface area contributed by atoms with E-state index in [4.69, 9.17) is 10.5 Å². The number of benzene rings is 1. The van der Waals surface area contributed by atoms with Crippen LogP contribution < -0.4 is 5.73 Å². The monoisotopic (exact) mass is 323 g/mol. The highest BCUT2D eigenvalue weighted by Gasteiger charge is 2.20. The fourth-order valence-electron chi connectivity index (χ4n) is 2.22. The molecule has 2 heterocycles. The van der Waals surface area contributed by atoms with Gasteiger partial charge in [-0.15, -0.1) is 5.10 Å². The molecule has 1 aromatic heterocycles. The van der Waals surface area contributed by atoms with Gasteiger partial charge in [0.05, 0.1) is 12.6 Å². The van der Waals surface area contributed by atoms with Crippen LogP contribution in [0, 0.1) is 0 Å². The molecule has 100 valence electrons. The molecule has 19 heavy (non-hydrogen) atoms. The molecule has 1 fully saturated rings. The van der Waals surface area contributed by atoms with E-state index in [1.54, 1.807) is 4.68 Å². The molecule has 1 aromatic carbocycles. The number of ether oxygens (including phenoxy) is 1. The predicted octanol–water partition coefficient (Wildman–Crippen LogP) is 1.86. The molecule has 6 nitrogen and oxygen atoms in total. The van der Waals surface area contributed by atoms with Crippen LogP contribution in [0.15, 0.2) is 22.7 Å². The van der Waals surface area contributed by atoms with Gasteiger partial charge < -0.3 is 10.5 Å². The number of halogens is 1. The van der Waals surface area contributed by atoms with E-state index in [1.807, 2.05) is 18.2 Å². The number of anilines is 1. The Balaban J connectivity index is 1.92. The SMILES string of the molecule is Nc1ccc(Br)c(-c2nnnn2CC2CCCO2)c1. The average molecular weight is 324 g/mol. The minimum Gasteiger partial charge on any atom is -0.399 e. The van der Waals surface area contributed by atoms with Crippen molar-refractivity contribution in [1.82, 2.24) is 20.2 Å². The molecule has 0 saturated carbocycles. The highest BCUT2D eigenvalue weighted by molar-refractivity contribution is 9.10. The number of nitrogen functional groups attached to an aromatic ring is 1. The maximum atomic E-state index is 5.82. The topological polar surface area (TPSA) is 78.9 Å². The Morgan fingerprint density at radius 2 is 2.37 bits per heavy atom. The van der Waals surface area contributed by atoms with Crippen molar-refractivity contribution >= 4 is 21.6 Å². The van der Waals surface area contributed by atoms with E-state index in [-0.39, 0.29) is 6.10 Å². The zero-order chi connectivity index (χ0) is 13.2. The summed E-state index contributed by atoms with van der Waals surface area (Å²) in [6, 6.07) is 5.60. The fourth-order valence-corrected chi connectivity index (χ4v) is 2.64. The Morgan fingerprint density at radius 1 is 1.47 bits per heavy atom. The van der Waals surface area contributed by atoms with Crippen LogP contribution in [0.3, 0.4) is 0 Å². The van der Waals surface area contributed by atoms with Crippen LogP contribution in [0.4, 0.5) is 5.69 Å². The summed E-state index contributed by atoms with van der Waals surface area (Å²) in [4.78, 5) is 0. The number of hydrogen-bond acceptors (Lipinski definition) is 5. The number of rotatable bonds is 3. The Bertz CT molecular complexity index is 579. The normalized spacial score (nSPS) is 18.9. The van der Waals surface area contributed by atoms with Gasteiger partial charge in [-0.2, -0.15) is 0 Å². The van der Waals surface area contributed by atoms with E-state index in [9.17, 15) is 0 Å². The van der Waals surface area contributed by atoms with Gasteiger partial charge in [-0.1, -0.05) is 15.9 Å². The fraction of sp³-hybridized carbons (Fsp3) is 0.417. The van der Waals surface area contributed by atoms with Gasteiger partial charge in [0.15, 0.2) is 5.82 Å². The van der Waals surface area contributed by atoms with Gasteiger partial charge >= 0.3 is 0 Å². The minimum absolute atomic E-state index is 0.196. The van der Waals surface area contributed by atoms with Gasteiger partial charge in [-0.3, -0.25) is 0 Å². The molecular formula is C12H14BrN5O. The molecular weight excluding hydrogens is 310 g/mol. The molecule has 1 unspecified atom stereocenters. The average Bonchev–Trinajstić information content (AvgIpc) is 3.04. The van der Waals surface area contributed by atoms with Crippen molar-refractivity contribution < 1.29 is 4.74 Å². The highest BCUT2D eigenvalue weighted by atomic mass is 79.9. The van der Waals surface area contributed by atoms with Gasteiger partial charge in [0.25, 0.3) is 0 Å². The first-order valence-electron chi connectivity index (χ1n) is 6.17. The molecule has 2 N–H and O–H groups in total. The third-order valence-electron chi connectivity index (χ3n) is 3.16. The number of nitrogens with two attached hydrogens (primary N) is 1. The van der Waals surface area contributed by atoms with Crippen LogP contribution in [-0.2, 0) is 11.3 Å². The lowest BCUT2D eigenvalue weighted by Crippen LogP contribution is -2.17. The molecule has 1 aliphatic rings. The number of hydrogen-bond donors (Lipinski definition) is 1. The molecule has 0 amide bonds. The number of tetrazole rings is 1. The van der Waals surface area contributed by atoms with Crippen molar-refractivity contribution in [3.8, 4) is 11.4 Å². The summed E-state index contributed by atoms with van der Waals surface area (Å²) in [5.74, 6) is 0.703. The van der Waals surface area contributed by atoms with Crippen molar-refractivity contribution in [2.24, 2.45) is 0 Å². The first-order valence-corrected chi connectivity index (χ1v) is 6.96. The molecule has 0 aliphatic carbocycles.